The van der Waals surface area contributed by atoms with E-state index in [-0.39, 0.29) is 13.2 Å². The predicted octanol–water partition coefficient (Wildman–Crippen LogP) is 1.77. The quantitative estimate of drug-likeness (QED) is 0.458. The molecule has 0 unspecified atom stereocenters. The molecule has 1 heterocycles. The molecule has 0 amide bonds. The molecule has 0 atom stereocenters. The first-order valence-corrected chi connectivity index (χ1v) is 8.58. The van der Waals surface area contributed by atoms with Gasteiger partial charge < -0.3 is 19.5 Å². The van der Waals surface area contributed by atoms with Crippen LogP contribution >= 0.6 is 0 Å². The summed E-state index contributed by atoms with van der Waals surface area (Å²) in [7, 11) is 1.31. The molecule has 25 heavy (non-hydrogen) atoms. The van der Waals surface area contributed by atoms with E-state index >= 15 is 0 Å². The highest BCUT2D eigenvalue weighted by atomic mass is 16.6. The SMILES string of the molecule is CCOC(=O)C1(C(=O)OCC)NC(C)=C(C(=O)OC)C2=C1CCCC2. The summed E-state index contributed by atoms with van der Waals surface area (Å²) in [5, 5.41) is 2.94. The first-order chi connectivity index (χ1) is 11.9. The molecule has 0 saturated heterocycles. The topological polar surface area (TPSA) is 90.9 Å². The van der Waals surface area contributed by atoms with Crippen LogP contribution in [0, 0.1) is 0 Å². The second kappa shape index (κ2) is 7.72. The van der Waals surface area contributed by atoms with E-state index < -0.39 is 23.4 Å². The third kappa shape index (κ3) is 3.15. The summed E-state index contributed by atoms with van der Waals surface area (Å²) in [5.74, 6) is -1.89. The zero-order valence-corrected chi connectivity index (χ0v) is 15.2. The second-order valence-electron chi connectivity index (χ2n) is 5.97. The Bertz CT molecular complexity index is 628. The van der Waals surface area contributed by atoms with E-state index in [9.17, 15) is 14.4 Å². The Balaban J connectivity index is 2.67. The molecule has 0 spiro atoms. The molecular formula is C18H25NO6. The summed E-state index contributed by atoms with van der Waals surface area (Å²) in [5.41, 5.74) is 0.316. The molecule has 2 aliphatic rings. The number of nitrogens with one attached hydrogen (secondary N) is 1. The van der Waals surface area contributed by atoms with Gasteiger partial charge in [-0.1, -0.05) is 0 Å². The van der Waals surface area contributed by atoms with Gasteiger partial charge in [-0.15, -0.1) is 0 Å². The van der Waals surface area contributed by atoms with Crippen LogP contribution in [0.5, 0.6) is 0 Å². The largest absolute Gasteiger partial charge is 0.465 e. The van der Waals surface area contributed by atoms with Crippen molar-refractivity contribution >= 4 is 17.9 Å². The standard InChI is InChI=1S/C18H25NO6/c1-5-24-16(21)18(17(22)25-6-2)13-10-8-7-9-12(13)14(11(3)19-18)15(20)23-4/h19H,5-10H2,1-4H3. The fourth-order valence-electron chi connectivity index (χ4n) is 3.53. The van der Waals surface area contributed by atoms with Gasteiger partial charge in [0.15, 0.2) is 0 Å². The minimum atomic E-state index is -1.73. The normalized spacial score (nSPS) is 18.9. The van der Waals surface area contributed by atoms with Gasteiger partial charge in [-0.25, -0.2) is 14.4 Å². The molecule has 0 aromatic heterocycles. The lowest BCUT2D eigenvalue weighted by atomic mass is 9.73. The van der Waals surface area contributed by atoms with E-state index in [0.717, 1.165) is 12.8 Å². The molecule has 2 rings (SSSR count). The molecule has 1 N–H and O–H groups in total. The van der Waals surface area contributed by atoms with E-state index in [1.807, 2.05) is 0 Å². The molecule has 0 radical (unpaired) electrons. The van der Waals surface area contributed by atoms with Crippen molar-refractivity contribution in [3.63, 3.8) is 0 Å². The van der Waals surface area contributed by atoms with E-state index in [4.69, 9.17) is 14.2 Å². The van der Waals surface area contributed by atoms with Gasteiger partial charge in [0.25, 0.3) is 5.54 Å². The van der Waals surface area contributed by atoms with E-state index in [1.54, 1.807) is 20.8 Å². The van der Waals surface area contributed by atoms with Crippen LogP contribution in [-0.2, 0) is 28.6 Å². The minimum absolute atomic E-state index is 0.136. The van der Waals surface area contributed by atoms with Gasteiger partial charge in [-0.3, -0.25) is 0 Å². The van der Waals surface area contributed by atoms with Gasteiger partial charge in [-0.05, 0) is 57.6 Å². The molecule has 1 aliphatic carbocycles. The van der Waals surface area contributed by atoms with Crippen molar-refractivity contribution < 1.29 is 28.6 Å². The van der Waals surface area contributed by atoms with E-state index in [1.165, 1.54) is 7.11 Å². The summed E-state index contributed by atoms with van der Waals surface area (Å²) >= 11 is 0. The van der Waals surface area contributed by atoms with E-state index in [2.05, 4.69) is 5.32 Å². The van der Waals surface area contributed by atoms with Crippen molar-refractivity contribution in [2.75, 3.05) is 20.3 Å². The Kier molecular flexibility index (Phi) is 5.87. The van der Waals surface area contributed by atoms with Gasteiger partial charge in [0.2, 0.25) is 0 Å². The summed E-state index contributed by atoms with van der Waals surface area (Å²) in [6, 6.07) is 0. The molecule has 0 saturated carbocycles. The van der Waals surface area contributed by atoms with Crippen LogP contribution in [0.3, 0.4) is 0 Å². The number of dihydropyridines is 1. The van der Waals surface area contributed by atoms with Gasteiger partial charge in [0.1, 0.15) is 0 Å². The molecule has 0 fully saturated rings. The lowest BCUT2D eigenvalue weighted by molar-refractivity contribution is -0.164. The molecule has 0 bridgehead atoms. The predicted molar refractivity (Wildman–Crippen MR) is 89.3 cm³/mol. The van der Waals surface area contributed by atoms with Crippen molar-refractivity contribution in [2.24, 2.45) is 0 Å². The number of carbonyl (C=O) groups excluding carboxylic acids is 3. The Morgan fingerprint density at radius 2 is 1.60 bits per heavy atom. The third-order valence-electron chi connectivity index (χ3n) is 4.53. The molecule has 0 aromatic carbocycles. The fourth-order valence-corrected chi connectivity index (χ4v) is 3.53. The van der Waals surface area contributed by atoms with Crippen LogP contribution in [-0.4, -0.2) is 43.8 Å². The first-order valence-electron chi connectivity index (χ1n) is 8.58. The number of allylic oxidation sites excluding steroid dienone is 1. The fraction of sp³-hybridized carbons (Fsp3) is 0.611. The number of methoxy groups -OCH3 is 1. The first kappa shape index (κ1) is 19.0. The number of hydrogen-bond donors (Lipinski definition) is 1. The zero-order chi connectivity index (χ0) is 18.6. The zero-order valence-electron chi connectivity index (χ0n) is 15.2. The Morgan fingerprint density at radius 3 is 2.12 bits per heavy atom. The van der Waals surface area contributed by atoms with Gasteiger partial charge >= 0.3 is 17.9 Å². The summed E-state index contributed by atoms with van der Waals surface area (Å²) < 4.78 is 15.3. The van der Waals surface area contributed by atoms with Crippen LogP contribution in [0.4, 0.5) is 0 Å². The maximum atomic E-state index is 12.8. The van der Waals surface area contributed by atoms with Crippen molar-refractivity contribution in [3.05, 3.63) is 22.4 Å². The maximum absolute atomic E-state index is 12.8. The van der Waals surface area contributed by atoms with Crippen molar-refractivity contribution in [2.45, 2.75) is 52.0 Å². The molecule has 138 valence electrons. The monoisotopic (exact) mass is 351 g/mol. The van der Waals surface area contributed by atoms with Crippen molar-refractivity contribution in [1.82, 2.24) is 5.32 Å². The highest BCUT2D eigenvalue weighted by molar-refractivity contribution is 6.11. The maximum Gasteiger partial charge on any atom is 0.348 e. The number of ether oxygens (including phenoxy) is 3. The highest BCUT2D eigenvalue weighted by Gasteiger charge is 2.56. The molecule has 1 aliphatic heterocycles. The van der Waals surface area contributed by atoms with Crippen LogP contribution in [0.2, 0.25) is 0 Å². The Hall–Kier alpha value is -2.31. The van der Waals surface area contributed by atoms with E-state index in [0.29, 0.717) is 35.3 Å². The molecule has 7 nitrogen and oxygen atoms in total. The summed E-state index contributed by atoms with van der Waals surface area (Å²) in [6.07, 6.45) is 2.79. The molecule has 0 aromatic rings. The van der Waals surface area contributed by atoms with Gasteiger partial charge in [0.05, 0.1) is 25.9 Å². The smallest absolute Gasteiger partial charge is 0.348 e. The average molecular weight is 351 g/mol. The van der Waals surface area contributed by atoms with Crippen LogP contribution in [0.25, 0.3) is 0 Å². The van der Waals surface area contributed by atoms with Crippen molar-refractivity contribution in [1.29, 1.82) is 0 Å². The van der Waals surface area contributed by atoms with Crippen LogP contribution < -0.4 is 5.32 Å². The second-order valence-corrected chi connectivity index (χ2v) is 5.97. The highest BCUT2D eigenvalue weighted by Crippen LogP contribution is 2.42. The summed E-state index contributed by atoms with van der Waals surface area (Å²) in [4.78, 5) is 37.9. The average Bonchev–Trinajstić information content (AvgIpc) is 2.60. The van der Waals surface area contributed by atoms with Gasteiger partial charge in [-0.2, -0.15) is 0 Å². The van der Waals surface area contributed by atoms with Gasteiger partial charge in [0, 0.05) is 5.70 Å². The molecular weight excluding hydrogens is 326 g/mol. The minimum Gasteiger partial charge on any atom is -0.465 e. The van der Waals surface area contributed by atoms with Crippen LogP contribution in [0.15, 0.2) is 22.4 Å². The third-order valence-corrected chi connectivity index (χ3v) is 4.53. The van der Waals surface area contributed by atoms with Crippen LogP contribution in [0.1, 0.15) is 46.5 Å². The van der Waals surface area contributed by atoms with Crippen molar-refractivity contribution in [3.8, 4) is 0 Å². The lowest BCUT2D eigenvalue weighted by Gasteiger charge is -2.40. The Morgan fingerprint density at radius 1 is 1.04 bits per heavy atom. The Labute approximate surface area is 147 Å². The summed E-state index contributed by atoms with van der Waals surface area (Å²) in [6.45, 7) is 5.28. The lowest BCUT2D eigenvalue weighted by Crippen LogP contribution is -2.62. The number of carbonyl (C=O) groups is 3. The number of hydrogen-bond acceptors (Lipinski definition) is 7. The number of rotatable bonds is 5. The number of esters is 3. The molecule has 7 heteroatoms.